The van der Waals surface area contributed by atoms with Crippen molar-refractivity contribution in [2.24, 2.45) is 0 Å². The van der Waals surface area contributed by atoms with Crippen LogP contribution < -0.4 is 0 Å². The summed E-state index contributed by atoms with van der Waals surface area (Å²) in [5, 5.41) is 0. The van der Waals surface area contributed by atoms with Crippen molar-refractivity contribution in [3.05, 3.63) is 0 Å². The van der Waals surface area contributed by atoms with Gasteiger partial charge in [-0.15, -0.1) is 0 Å². The Morgan fingerprint density at radius 2 is 0.655 bits per heavy atom. The molecule has 29 heavy (non-hydrogen) atoms. The summed E-state index contributed by atoms with van der Waals surface area (Å²) >= 11 is -4.55. The Morgan fingerprint density at radius 1 is 0.448 bits per heavy atom. The molecule has 0 aliphatic heterocycles. The van der Waals surface area contributed by atoms with Gasteiger partial charge < -0.3 is 0 Å². The number of hydrogen-bond acceptors (Lipinski definition) is 8. The molecule has 0 aliphatic carbocycles. The van der Waals surface area contributed by atoms with Crippen LogP contribution in [-0.4, -0.2) is 77.3 Å². The van der Waals surface area contributed by atoms with E-state index in [0.29, 0.717) is 52.9 Å². The normalized spacial score (nSPS) is 18.2. The number of hydrogen-bond donors (Lipinski definition) is 0. The maximum absolute atomic E-state index is 6.19. The Hall–Kier alpha value is 0.550. The molecule has 0 heterocycles. The van der Waals surface area contributed by atoms with Gasteiger partial charge in [-0.1, -0.05) is 0 Å². The van der Waals surface area contributed by atoms with Gasteiger partial charge >= 0.3 is 185 Å². The molecule has 0 bridgehead atoms. The zero-order chi connectivity index (χ0) is 22.1. The minimum absolute atomic E-state index is 0.0897. The van der Waals surface area contributed by atoms with E-state index in [0.717, 1.165) is 0 Å². The number of rotatable bonds is 20. The summed E-state index contributed by atoms with van der Waals surface area (Å²) in [7, 11) is 0. The van der Waals surface area contributed by atoms with E-state index in [1.807, 2.05) is 55.4 Å². The van der Waals surface area contributed by atoms with Crippen molar-refractivity contribution in [1.29, 1.82) is 0 Å². The molecule has 0 rings (SSSR count). The third-order valence-electron chi connectivity index (χ3n) is 3.78. The van der Waals surface area contributed by atoms with Crippen molar-refractivity contribution in [3.63, 3.8) is 0 Å². The van der Waals surface area contributed by atoms with E-state index in [1.165, 1.54) is 0 Å². The van der Waals surface area contributed by atoms with Gasteiger partial charge in [0.15, 0.2) is 0 Å². The van der Waals surface area contributed by atoms with Crippen molar-refractivity contribution in [2.75, 3.05) is 52.9 Å². The summed E-state index contributed by atoms with van der Waals surface area (Å²) < 4.78 is 47.2. The average molecular weight is 591 g/mol. The van der Waals surface area contributed by atoms with Gasteiger partial charge in [0.2, 0.25) is 0 Å². The van der Waals surface area contributed by atoms with E-state index in [4.69, 9.17) is 30.4 Å². The Balaban J connectivity index is 5.25. The van der Waals surface area contributed by atoms with Crippen LogP contribution in [0, 0.1) is 0 Å². The Morgan fingerprint density at radius 3 is 0.828 bits per heavy atom. The molecule has 9 heteroatoms. The standard InChI is InChI=1S/4C5H11O2.Hf/c4*1-3-7-5(2)4-6;/h4*5H,3-4H2,1-2H3;/q4*-1;+4. The molecule has 8 nitrogen and oxygen atoms in total. The molecule has 0 amide bonds. The molecule has 0 fully saturated rings. The summed E-state index contributed by atoms with van der Waals surface area (Å²) in [4.78, 5) is 0. The first-order valence-electron chi connectivity index (χ1n) is 10.8. The van der Waals surface area contributed by atoms with Crippen LogP contribution in [0.15, 0.2) is 0 Å². The van der Waals surface area contributed by atoms with Gasteiger partial charge in [-0.25, -0.2) is 0 Å². The number of ether oxygens (including phenoxy) is 4. The molecule has 4 unspecified atom stereocenters. The van der Waals surface area contributed by atoms with Crippen molar-refractivity contribution >= 4 is 0 Å². The third-order valence-corrected chi connectivity index (χ3v) is 11.3. The van der Waals surface area contributed by atoms with E-state index < -0.39 is 21.7 Å². The fourth-order valence-corrected chi connectivity index (χ4v) is 10.6. The first kappa shape index (κ1) is 29.6. The van der Waals surface area contributed by atoms with Gasteiger partial charge in [0, 0.05) is 0 Å². The van der Waals surface area contributed by atoms with Crippen LogP contribution in [0.5, 0.6) is 0 Å². The molecule has 176 valence electrons. The third kappa shape index (κ3) is 15.1. The van der Waals surface area contributed by atoms with Crippen LogP contribution in [0.3, 0.4) is 0 Å². The quantitative estimate of drug-likeness (QED) is 0.199. The van der Waals surface area contributed by atoms with Crippen LogP contribution in [0.25, 0.3) is 0 Å². The summed E-state index contributed by atoms with van der Waals surface area (Å²) in [5.74, 6) is 0. The first-order valence-corrected chi connectivity index (χ1v) is 16.7. The average Bonchev–Trinajstić information content (AvgIpc) is 2.68. The monoisotopic (exact) mass is 592 g/mol. The van der Waals surface area contributed by atoms with Gasteiger partial charge in [0.1, 0.15) is 0 Å². The molecule has 0 aliphatic rings. The van der Waals surface area contributed by atoms with E-state index in [1.54, 1.807) is 0 Å². The summed E-state index contributed by atoms with van der Waals surface area (Å²) in [6, 6.07) is 0. The minimum atomic E-state index is -4.55. The van der Waals surface area contributed by atoms with Crippen molar-refractivity contribution in [3.8, 4) is 0 Å². The molecule has 0 aromatic heterocycles. The second-order valence-corrected chi connectivity index (χ2v) is 14.5. The molecule has 0 aromatic rings. The maximum atomic E-state index is 6.19. The van der Waals surface area contributed by atoms with Crippen molar-refractivity contribution in [2.45, 2.75) is 79.8 Å². The van der Waals surface area contributed by atoms with Crippen molar-refractivity contribution in [1.82, 2.24) is 0 Å². The summed E-state index contributed by atoms with van der Waals surface area (Å²) in [6.45, 7) is 19.4. The van der Waals surface area contributed by atoms with E-state index in [9.17, 15) is 0 Å². The second-order valence-electron chi connectivity index (χ2n) is 6.81. The van der Waals surface area contributed by atoms with Crippen LogP contribution in [0.1, 0.15) is 55.4 Å². The van der Waals surface area contributed by atoms with Gasteiger partial charge in [-0.05, 0) is 0 Å². The predicted octanol–water partition coefficient (Wildman–Crippen LogP) is 3.57. The topological polar surface area (TPSA) is 73.8 Å². The molecule has 0 aromatic carbocycles. The fourth-order valence-electron chi connectivity index (χ4n) is 2.46. The zero-order valence-electron chi connectivity index (χ0n) is 19.7. The zero-order valence-corrected chi connectivity index (χ0v) is 23.3. The van der Waals surface area contributed by atoms with E-state index >= 15 is 0 Å². The first-order chi connectivity index (χ1) is 13.8. The van der Waals surface area contributed by atoms with Crippen LogP contribution >= 0.6 is 0 Å². The summed E-state index contributed by atoms with van der Waals surface area (Å²) in [6.07, 6.45) is -0.359. The second kappa shape index (κ2) is 18.2. The van der Waals surface area contributed by atoms with Gasteiger partial charge in [-0.3, -0.25) is 0 Å². The molecule has 0 saturated heterocycles. The summed E-state index contributed by atoms with van der Waals surface area (Å²) in [5.41, 5.74) is 0. The van der Waals surface area contributed by atoms with Gasteiger partial charge in [0.05, 0.1) is 0 Å². The molecule has 0 spiro atoms. The molecule has 0 radical (unpaired) electrons. The fraction of sp³-hybridized carbons (Fsp3) is 1.00. The van der Waals surface area contributed by atoms with E-state index in [-0.39, 0.29) is 24.4 Å². The SMILES string of the molecule is CCOC(C)C[O][Hf]([O]CC(C)OCC)([O]CC(C)OCC)[O]CC(C)OCC. The predicted molar refractivity (Wildman–Crippen MR) is 108 cm³/mol. The van der Waals surface area contributed by atoms with Gasteiger partial charge in [-0.2, -0.15) is 0 Å². The van der Waals surface area contributed by atoms with Crippen LogP contribution in [-0.2, 0) is 52.1 Å². The molecule has 0 N–H and O–H groups in total. The van der Waals surface area contributed by atoms with Crippen molar-refractivity contribution < 1.29 is 52.1 Å². The molecular weight excluding hydrogens is 547 g/mol. The van der Waals surface area contributed by atoms with E-state index in [2.05, 4.69) is 0 Å². The van der Waals surface area contributed by atoms with Crippen LogP contribution in [0.2, 0.25) is 0 Å². The Bertz CT molecular complexity index is 305. The molecule has 0 saturated carbocycles. The Labute approximate surface area is 184 Å². The Kier molecular flexibility index (Phi) is 18.5. The van der Waals surface area contributed by atoms with Crippen LogP contribution in [0.4, 0.5) is 0 Å². The molecular formula is C20H44HfO8. The molecule has 4 atom stereocenters. The van der Waals surface area contributed by atoms with Gasteiger partial charge in [0.25, 0.3) is 0 Å².